The minimum Gasteiger partial charge on any atom is -0.465 e. The Bertz CT molecular complexity index is 436. The molecule has 0 spiro atoms. The van der Waals surface area contributed by atoms with Gasteiger partial charge in [-0.3, -0.25) is 0 Å². The van der Waals surface area contributed by atoms with Crippen molar-refractivity contribution in [2.75, 3.05) is 7.11 Å². The second-order valence-corrected chi connectivity index (χ2v) is 4.61. The van der Waals surface area contributed by atoms with E-state index in [9.17, 15) is 4.79 Å². The summed E-state index contributed by atoms with van der Waals surface area (Å²) in [5.41, 5.74) is 0.951. The first kappa shape index (κ1) is 9.63. The minimum atomic E-state index is -0.401. The number of fused-ring (bicyclic) bond motifs is 5. The van der Waals surface area contributed by atoms with Crippen molar-refractivity contribution < 1.29 is 14.7 Å². The lowest BCUT2D eigenvalue weighted by atomic mass is 9.84. The molecule has 84 valence electrons. The summed E-state index contributed by atoms with van der Waals surface area (Å²) >= 11 is 0. The van der Waals surface area contributed by atoms with Gasteiger partial charge in [-0.25, -0.2) is 4.79 Å². The predicted octanol–water partition coefficient (Wildman–Crippen LogP) is 1.37. The summed E-state index contributed by atoms with van der Waals surface area (Å²) in [5.74, 6) is 0.999. The standard InChI is InChI=1S/C12H13NO3/c1-16-12(14)9-5-8-6-2-3-7(4-6)10(8)11(9)13-15/h2-3,5-8,10,15H,4H2,1H3/b13-11+. The Kier molecular flexibility index (Phi) is 1.93. The van der Waals surface area contributed by atoms with E-state index >= 15 is 0 Å². The molecule has 0 radical (unpaired) electrons. The molecule has 0 aromatic rings. The zero-order valence-corrected chi connectivity index (χ0v) is 8.96. The number of carbonyl (C=O) groups is 1. The molecule has 3 aliphatic rings. The Balaban J connectivity index is 2.00. The fraction of sp³-hybridized carbons (Fsp3) is 0.500. The number of allylic oxidation sites excluding steroid dienone is 3. The molecule has 1 saturated carbocycles. The molecule has 0 heterocycles. The number of nitrogens with zero attached hydrogens (tertiary/aromatic N) is 1. The molecular weight excluding hydrogens is 206 g/mol. The normalized spacial score (nSPS) is 41.3. The van der Waals surface area contributed by atoms with Gasteiger partial charge in [-0.15, -0.1) is 0 Å². The molecule has 0 saturated heterocycles. The second kappa shape index (κ2) is 3.20. The van der Waals surface area contributed by atoms with Gasteiger partial charge in [-0.1, -0.05) is 23.4 Å². The van der Waals surface area contributed by atoms with Crippen LogP contribution in [0.25, 0.3) is 0 Å². The van der Waals surface area contributed by atoms with Gasteiger partial charge in [0.05, 0.1) is 18.4 Å². The van der Waals surface area contributed by atoms with Crippen LogP contribution in [0.5, 0.6) is 0 Å². The van der Waals surface area contributed by atoms with Gasteiger partial charge >= 0.3 is 5.97 Å². The van der Waals surface area contributed by atoms with Crippen molar-refractivity contribution >= 4 is 11.7 Å². The molecule has 2 bridgehead atoms. The molecule has 4 nitrogen and oxygen atoms in total. The third kappa shape index (κ3) is 1.04. The average molecular weight is 219 g/mol. The fourth-order valence-corrected chi connectivity index (χ4v) is 3.33. The van der Waals surface area contributed by atoms with Crippen molar-refractivity contribution in [1.29, 1.82) is 0 Å². The molecule has 0 aliphatic heterocycles. The van der Waals surface area contributed by atoms with Crippen LogP contribution in [0.1, 0.15) is 6.42 Å². The van der Waals surface area contributed by atoms with Crippen LogP contribution in [-0.4, -0.2) is 24.0 Å². The zero-order chi connectivity index (χ0) is 11.3. The second-order valence-electron chi connectivity index (χ2n) is 4.61. The number of esters is 1. The van der Waals surface area contributed by atoms with Crippen molar-refractivity contribution in [3.05, 3.63) is 23.8 Å². The van der Waals surface area contributed by atoms with Crippen LogP contribution in [0, 0.1) is 23.7 Å². The van der Waals surface area contributed by atoms with Crippen LogP contribution >= 0.6 is 0 Å². The molecule has 4 atom stereocenters. The summed E-state index contributed by atoms with van der Waals surface area (Å²) in [4.78, 5) is 11.5. The summed E-state index contributed by atoms with van der Waals surface area (Å²) in [6.07, 6.45) is 7.40. The fourth-order valence-electron chi connectivity index (χ4n) is 3.33. The van der Waals surface area contributed by atoms with E-state index in [2.05, 4.69) is 17.3 Å². The van der Waals surface area contributed by atoms with Crippen molar-refractivity contribution in [1.82, 2.24) is 0 Å². The summed E-state index contributed by atoms with van der Waals surface area (Å²) in [6, 6.07) is 0. The quantitative estimate of drug-likeness (QED) is 0.313. The Labute approximate surface area is 93.3 Å². The number of carbonyl (C=O) groups excluding carboxylic acids is 1. The molecule has 4 unspecified atom stereocenters. The maximum absolute atomic E-state index is 11.5. The maximum atomic E-state index is 11.5. The van der Waals surface area contributed by atoms with E-state index in [4.69, 9.17) is 9.94 Å². The SMILES string of the molecule is COC(=O)C1=CC2C3C=CC(C3)C2/C1=N/O. The number of hydrogen-bond acceptors (Lipinski definition) is 4. The lowest BCUT2D eigenvalue weighted by Gasteiger charge is -2.19. The third-order valence-electron chi connectivity index (χ3n) is 3.98. The monoisotopic (exact) mass is 219 g/mol. The number of ether oxygens (including phenoxy) is 1. The Hall–Kier alpha value is -1.58. The topological polar surface area (TPSA) is 58.9 Å². The van der Waals surface area contributed by atoms with E-state index in [0.717, 1.165) is 6.42 Å². The van der Waals surface area contributed by atoms with E-state index in [1.807, 2.05) is 6.08 Å². The van der Waals surface area contributed by atoms with Gasteiger partial charge in [-0.2, -0.15) is 0 Å². The molecular formula is C12H13NO3. The highest BCUT2D eigenvalue weighted by Gasteiger charge is 2.51. The smallest absolute Gasteiger partial charge is 0.339 e. The highest BCUT2D eigenvalue weighted by atomic mass is 16.5. The molecule has 1 fully saturated rings. The zero-order valence-electron chi connectivity index (χ0n) is 8.96. The molecule has 3 rings (SSSR count). The molecule has 1 N–H and O–H groups in total. The molecule has 0 aromatic carbocycles. The largest absolute Gasteiger partial charge is 0.465 e. The minimum absolute atomic E-state index is 0.175. The van der Waals surface area contributed by atoms with Gasteiger partial charge in [-0.05, 0) is 24.2 Å². The van der Waals surface area contributed by atoms with Crippen LogP contribution in [0.15, 0.2) is 29.0 Å². The van der Waals surface area contributed by atoms with Crippen molar-refractivity contribution in [2.45, 2.75) is 6.42 Å². The first-order valence-electron chi connectivity index (χ1n) is 5.47. The number of hydrogen-bond donors (Lipinski definition) is 1. The average Bonchev–Trinajstić information content (AvgIpc) is 2.97. The van der Waals surface area contributed by atoms with Gasteiger partial charge in [0, 0.05) is 5.92 Å². The molecule has 4 heteroatoms. The Morgan fingerprint density at radius 3 is 2.94 bits per heavy atom. The van der Waals surface area contributed by atoms with Crippen LogP contribution in [0.2, 0.25) is 0 Å². The van der Waals surface area contributed by atoms with Gasteiger partial charge < -0.3 is 9.94 Å². The van der Waals surface area contributed by atoms with E-state index in [1.54, 1.807) is 0 Å². The van der Waals surface area contributed by atoms with Gasteiger partial charge in [0.25, 0.3) is 0 Å². The van der Waals surface area contributed by atoms with E-state index in [0.29, 0.717) is 29.0 Å². The lowest BCUT2D eigenvalue weighted by molar-refractivity contribution is -0.135. The van der Waals surface area contributed by atoms with Crippen LogP contribution in [0.3, 0.4) is 0 Å². The lowest BCUT2D eigenvalue weighted by Crippen LogP contribution is -2.23. The van der Waals surface area contributed by atoms with Crippen LogP contribution in [-0.2, 0) is 9.53 Å². The van der Waals surface area contributed by atoms with Crippen molar-refractivity contribution in [3.8, 4) is 0 Å². The number of rotatable bonds is 1. The van der Waals surface area contributed by atoms with Gasteiger partial charge in [0.1, 0.15) is 0 Å². The van der Waals surface area contributed by atoms with E-state index in [-0.39, 0.29) is 5.92 Å². The summed E-state index contributed by atoms with van der Waals surface area (Å²) < 4.78 is 4.70. The molecule has 0 amide bonds. The van der Waals surface area contributed by atoms with Gasteiger partial charge in [0.15, 0.2) is 0 Å². The van der Waals surface area contributed by atoms with E-state index < -0.39 is 5.97 Å². The van der Waals surface area contributed by atoms with Crippen LogP contribution < -0.4 is 0 Å². The van der Waals surface area contributed by atoms with Crippen molar-refractivity contribution in [3.63, 3.8) is 0 Å². The molecule has 3 aliphatic carbocycles. The Morgan fingerprint density at radius 2 is 2.25 bits per heavy atom. The van der Waals surface area contributed by atoms with Gasteiger partial charge in [0.2, 0.25) is 0 Å². The first-order valence-corrected chi connectivity index (χ1v) is 5.47. The summed E-state index contributed by atoms with van der Waals surface area (Å²) in [7, 11) is 1.35. The number of oxime groups is 1. The maximum Gasteiger partial charge on any atom is 0.339 e. The highest BCUT2D eigenvalue weighted by molar-refractivity contribution is 6.22. The third-order valence-corrected chi connectivity index (χ3v) is 3.98. The summed E-state index contributed by atoms with van der Waals surface area (Å²) in [5, 5.41) is 12.4. The number of methoxy groups -OCH3 is 1. The molecule has 16 heavy (non-hydrogen) atoms. The summed E-state index contributed by atoms with van der Waals surface area (Å²) in [6.45, 7) is 0. The van der Waals surface area contributed by atoms with Crippen LogP contribution in [0.4, 0.5) is 0 Å². The predicted molar refractivity (Wildman–Crippen MR) is 57.0 cm³/mol. The Morgan fingerprint density at radius 1 is 1.50 bits per heavy atom. The molecule has 0 aromatic heterocycles. The van der Waals surface area contributed by atoms with E-state index in [1.165, 1.54) is 7.11 Å². The first-order chi connectivity index (χ1) is 7.76. The highest BCUT2D eigenvalue weighted by Crippen LogP contribution is 2.53. The van der Waals surface area contributed by atoms with Crippen molar-refractivity contribution in [2.24, 2.45) is 28.8 Å².